The van der Waals surface area contributed by atoms with Gasteiger partial charge in [0.25, 0.3) is 0 Å². The number of hydrogen-bond donors (Lipinski definition) is 1. The molecule has 9 heteroatoms. The number of benzene rings is 2. The Kier molecular flexibility index (Phi) is 6.39. The molecule has 33 heavy (non-hydrogen) atoms. The Morgan fingerprint density at radius 1 is 1.06 bits per heavy atom. The van der Waals surface area contributed by atoms with Gasteiger partial charge in [0.15, 0.2) is 0 Å². The van der Waals surface area contributed by atoms with Crippen LogP contribution in [0.1, 0.15) is 42.0 Å². The minimum Gasteiger partial charge on any atom is -0.264 e. The Balaban J connectivity index is 1.77. The second-order valence-corrected chi connectivity index (χ2v) is 12.0. The summed E-state index contributed by atoms with van der Waals surface area (Å²) in [5.74, 6) is -0.796. The third kappa shape index (κ3) is 4.71. The van der Waals surface area contributed by atoms with Gasteiger partial charge >= 0.3 is 0 Å². The number of nitrogens with zero attached hydrogens (tertiary/aromatic N) is 1. The molecule has 0 atom stereocenters. The SMILES string of the molecule is CC(C)c1cc2c(cc1S(=O)(=O)NCCc1cccnc1)S(=O)(=O)c1cc(F)ccc1CC2. The monoisotopic (exact) mass is 488 g/mol. The van der Waals surface area contributed by atoms with Crippen LogP contribution in [0.3, 0.4) is 0 Å². The van der Waals surface area contributed by atoms with Crippen LogP contribution in [0.4, 0.5) is 4.39 Å². The first-order valence-corrected chi connectivity index (χ1v) is 13.6. The molecule has 0 fully saturated rings. The highest BCUT2D eigenvalue weighted by Crippen LogP contribution is 2.37. The lowest BCUT2D eigenvalue weighted by molar-refractivity contribution is 0.578. The van der Waals surface area contributed by atoms with Gasteiger partial charge in [-0.15, -0.1) is 0 Å². The Labute approximate surface area is 193 Å². The average molecular weight is 489 g/mol. The van der Waals surface area contributed by atoms with Crippen LogP contribution in [0.2, 0.25) is 0 Å². The quantitative estimate of drug-likeness (QED) is 0.570. The van der Waals surface area contributed by atoms with Gasteiger partial charge in [0.2, 0.25) is 19.9 Å². The van der Waals surface area contributed by atoms with Gasteiger partial charge in [0.1, 0.15) is 5.82 Å². The van der Waals surface area contributed by atoms with Crippen molar-refractivity contribution in [2.45, 2.75) is 53.7 Å². The maximum Gasteiger partial charge on any atom is 0.240 e. The van der Waals surface area contributed by atoms with Gasteiger partial charge in [-0.25, -0.2) is 25.9 Å². The van der Waals surface area contributed by atoms with E-state index in [2.05, 4.69) is 9.71 Å². The molecular formula is C24H25FN2O4S2. The summed E-state index contributed by atoms with van der Waals surface area (Å²) in [6, 6.07) is 10.3. The first-order valence-electron chi connectivity index (χ1n) is 10.7. The molecule has 6 nitrogen and oxygen atoms in total. The van der Waals surface area contributed by atoms with Crippen LogP contribution >= 0.6 is 0 Å². The van der Waals surface area contributed by atoms with E-state index in [4.69, 9.17) is 0 Å². The molecule has 1 aliphatic heterocycles. The molecule has 0 saturated carbocycles. The van der Waals surface area contributed by atoms with E-state index in [0.717, 1.165) is 11.6 Å². The number of sulfonamides is 1. The first-order chi connectivity index (χ1) is 15.6. The number of aromatic nitrogens is 1. The zero-order valence-electron chi connectivity index (χ0n) is 18.4. The van der Waals surface area contributed by atoms with Crippen LogP contribution < -0.4 is 4.72 Å². The summed E-state index contributed by atoms with van der Waals surface area (Å²) in [6.45, 7) is 3.88. The maximum atomic E-state index is 13.9. The summed E-state index contributed by atoms with van der Waals surface area (Å²) in [6.07, 6.45) is 4.60. The van der Waals surface area contributed by atoms with Gasteiger partial charge < -0.3 is 0 Å². The largest absolute Gasteiger partial charge is 0.264 e. The highest BCUT2D eigenvalue weighted by atomic mass is 32.2. The summed E-state index contributed by atoms with van der Waals surface area (Å²) in [5.41, 5.74) is 2.50. The molecule has 0 radical (unpaired) electrons. The van der Waals surface area contributed by atoms with Crippen molar-refractivity contribution < 1.29 is 21.2 Å². The first kappa shape index (κ1) is 23.5. The molecule has 2 aromatic carbocycles. The zero-order chi connectivity index (χ0) is 23.8. The van der Waals surface area contributed by atoms with Crippen LogP contribution in [-0.4, -0.2) is 28.4 Å². The van der Waals surface area contributed by atoms with E-state index >= 15 is 0 Å². The maximum absolute atomic E-state index is 13.9. The standard InChI is InChI=1S/C24H25FN2O4S2/c1-16(2)21-12-19-6-5-18-7-8-20(25)13-22(18)32(28,29)23(19)14-24(21)33(30,31)27-11-9-17-4-3-10-26-15-17/h3-4,7-8,10,12-16,27H,5-6,9,11H2,1-2H3. The molecule has 0 aliphatic carbocycles. The molecule has 1 aromatic heterocycles. The highest BCUT2D eigenvalue weighted by Gasteiger charge is 2.32. The fourth-order valence-corrected chi connectivity index (χ4v) is 7.36. The minimum atomic E-state index is -4.09. The number of halogens is 1. The van der Waals surface area contributed by atoms with E-state index in [-0.39, 0.29) is 27.1 Å². The van der Waals surface area contributed by atoms with E-state index in [1.54, 1.807) is 24.5 Å². The average Bonchev–Trinajstić information content (AvgIpc) is 2.87. The van der Waals surface area contributed by atoms with Crippen LogP contribution in [0.15, 0.2) is 69.5 Å². The molecule has 0 bridgehead atoms. The molecule has 3 aromatic rings. The summed E-state index contributed by atoms with van der Waals surface area (Å²) in [4.78, 5) is 3.77. The number of hydrogen-bond acceptors (Lipinski definition) is 5. The normalized spacial score (nSPS) is 15.0. The fourth-order valence-electron chi connectivity index (χ4n) is 4.08. The highest BCUT2D eigenvalue weighted by molar-refractivity contribution is 7.92. The van der Waals surface area contributed by atoms with Crippen molar-refractivity contribution >= 4 is 19.9 Å². The van der Waals surface area contributed by atoms with E-state index < -0.39 is 25.7 Å². The van der Waals surface area contributed by atoms with Gasteiger partial charge in [0, 0.05) is 18.9 Å². The molecular weight excluding hydrogens is 463 g/mol. The van der Waals surface area contributed by atoms with Crippen molar-refractivity contribution in [1.29, 1.82) is 0 Å². The van der Waals surface area contributed by atoms with Crippen molar-refractivity contribution in [3.63, 3.8) is 0 Å². The third-order valence-electron chi connectivity index (χ3n) is 5.80. The van der Waals surface area contributed by atoms with Crippen molar-refractivity contribution in [2.24, 2.45) is 0 Å². The van der Waals surface area contributed by atoms with Gasteiger partial charge in [-0.2, -0.15) is 0 Å². The molecule has 0 unspecified atom stereocenters. The van der Waals surface area contributed by atoms with Gasteiger partial charge in [-0.05, 0) is 71.7 Å². The predicted molar refractivity (Wildman–Crippen MR) is 123 cm³/mol. The summed E-state index contributed by atoms with van der Waals surface area (Å²) < 4.78 is 69.8. The third-order valence-corrected chi connectivity index (χ3v) is 9.24. The molecule has 0 spiro atoms. The number of fused-ring (bicyclic) bond motifs is 2. The van der Waals surface area contributed by atoms with E-state index in [0.29, 0.717) is 36.0 Å². The van der Waals surface area contributed by atoms with Crippen LogP contribution in [0.25, 0.3) is 0 Å². The molecule has 1 N–H and O–H groups in total. The number of pyridine rings is 1. The van der Waals surface area contributed by atoms with E-state index in [9.17, 15) is 21.2 Å². The van der Waals surface area contributed by atoms with Crippen molar-refractivity contribution in [2.75, 3.05) is 6.54 Å². The molecule has 1 aliphatic rings. The Morgan fingerprint density at radius 2 is 1.79 bits per heavy atom. The Hall–Kier alpha value is -2.62. The lowest BCUT2D eigenvalue weighted by Crippen LogP contribution is -2.27. The van der Waals surface area contributed by atoms with Gasteiger partial charge in [-0.3, -0.25) is 4.98 Å². The van der Waals surface area contributed by atoms with Crippen LogP contribution in [-0.2, 0) is 39.1 Å². The van der Waals surface area contributed by atoms with Crippen molar-refractivity contribution in [3.8, 4) is 0 Å². The number of sulfone groups is 1. The molecule has 174 valence electrons. The molecule has 0 saturated heterocycles. The van der Waals surface area contributed by atoms with Gasteiger partial charge in [-0.1, -0.05) is 32.0 Å². The van der Waals surface area contributed by atoms with E-state index in [1.165, 1.54) is 18.2 Å². The lowest BCUT2D eigenvalue weighted by atomic mass is 9.97. The van der Waals surface area contributed by atoms with Gasteiger partial charge in [0.05, 0.1) is 14.7 Å². The summed E-state index contributed by atoms with van der Waals surface area (Å²) >= 11 is 0. The molecule has 2 heterocycles. The second-order valence-electron chi connectivity index (χ2n) is 8.42. The summed E-state index contributed by atoms with van der Waals surface area (Å²) in [7, 11) is -8.09. The second kappa shape index (κ2) is 8.96. The van der Waals surface area contributed by atoms with Crippen LogP contribution in [0.5, 0.6) is 0 Å². The topological polar surface area (TPSA) is 93.2 Å². The Bertz CT molecular complexity index is 1400. The number of nitrogens with one attached hydrogen (secondary N) is 1. The molecule has 4 rings (SSSR count). The zero-order valence-corrected chi connectivity index (χ0v) is 20.0. The summed E-state index contributed by atoms with van der Waals surface area (Å²) in [5, 5.41) is 0. The predicted octanol–water partition coefficient (Wildman–Crippen LogP) is 3.80. The van der Waals surface area contributed by atoms with Crippen LogP contribution in [0, 0.1) is 5.82 Å². The minimum absolute atomic E-state index is 0.0640. The lowest BCUT2D eigenvalue weighted by Gasteiger charge is -2.18. The number of aryl methyl sites for hydroxylation is 2. The Morgan fingerprint density at radius 3 is 2.48 bits per heavy atom. The van der Waals surface area contributed by atoms with E-state index in [1.807, 2.05) is 19.9 Å². The number of rotatable bonds is 6. The smallest absolute Gasteiger partial charge is 0.240 e. The fraction of sp³-hybridized carbons (Fsp3) is 0.292. The molecule has 0 amide bonds. The van der Waals surface area contributed by atoms with Crippen molar-refractivity contribution in [3.05, 3.63) is 82.9 Å². The van der Waals surface area contributed by atoms with Crippen molar-refractivity contribution in [1.82, 2.24) is 9.71 Å².